The summed E-state index contributed by atoms with van der Waals surface area (Å²) in [5, 5.41) is 2.88. The number of amides is 1. The Morgan fingerprint density at radius 3 is 1.86 bits per heavy atom. The van der Waals surface area contributed by atoms with Crippen molar-refractivity contribution in [3.63, 3.8) is 0 Å². The van der Waals surface area contributed by atoms with E-state index in [4.69, 9.17) is 4.74 Å². The molecule has 0 bridgehead atoms. The van der Waals surface area contributed by atoms with E-state index in [2.05, 4.69) is 5.32 Å². The molecule has 0 radical (unpaired) electrons. The highest BCUT2D eigenvalue weighted by Gasteiger charge is 2.23. The second kappa shape index (κ2) is 4.30. The van der Waals surface area contributed by atoms with Gasteiger partial charge >= 0.3 is 0 Å². The lowest BCUT2D eigenvalue weighted by molar-refractivity contribution is -0.141. The molecule has 1 amide bonds. The summed E-state index contributed by atoms with van der Waals surface area (Å²) < 4.78 is 5.53. The van der Waals surface area contributed by atoms with E-state index >= 15 is 0 Å². The number of hydrogen-bond acceptors (Lipinski definition) is 2. The van der Waals surface area contributed by atoms with Crippen molar-refractivity contribution >= 4 is 5.91 Å². The van der Waals surface area contributed by atoms with E-state index in [-0.39, 0.29) is 17.0 Å². The summed E-state index contributed by atoms with van der Waals surface area (Å²) in [6.07, 6.45) is -0.408. The Morgan fingerprint density at radius 2 is 1.57 bits per heavy atom. The van der Waals surface area contributed by atoms with Gasteiger partial charge in [-0.25, -0.2) is 0 Å². The van der Waals surface area contributed by atoms with Gasteiger partial charge in [-0.2, -0.15) is 0 Å². The van der Waals surface area contributed by atoms with Crippen LogP contribution in [0.3, 0.4) is 0 Å². The number of carbonyl (C=O) groups excluding carboxylic acids is 1. The largest absolute Gasteiger partial charge is 0.363 e. The van der Waals surface area contributed by atoms with Gasteiger partial charge < -0.3 is 10.1 Å². The zero-order valence-corrected chi connectivity index (χ0v) is 10.4. The summed E-state index contributed by atoms with van der Waals surface area (Å²) in [7, 11) is 0. The Bertz CT molecular complexity index is 198. The van der Waals surface area contributed by atoms with Gasteiger partial charge in [0.25, 0.3) is 0 Å². The molecular formula is C11H23NO2. The minimum atomic E-state index is -0.408. The molecule has 0 saturated carbocycles. The molecule has 84 valence electrons. The fourth-order valence-corrected chi connectivity index (χ4v) is 1.06. The minimum absolute atomic E-state index is 0.0626. The molecule has 0 aliphatic rings. The van der Waals surface area contributed by atoms with Crippen LogP contribution in [-0.4, -0.2) is 23.2 Å². The fraction of sp³-hybridized carbons (Fsp3) is 0.909. The van der Waals surface area contributed by atoms with Crippen molar-refractivity contribution in [3.05, 3.63) is 0 Å². The summed E-state index contributed by atoms with van der Waals surface area (Å²) >= 11 is 0. The third-order valence-corrected chi connectivity index (χ3v) is 1.40. The molecule has 0 heterocycles. The number of carbonyl (C=O) groups is 1. The first-order valence-electron chi connectivity index (χ1n) is 5.01. The van der Waals surface area contributed by atoms with Crippen molar-refractivity contribution in [3.8, 4) is 0 Å². The van der Waals surface area contributed by atoms with Gasteiger partial charge in [-0.05, 0) is 48.5 Å². The van der Waals surface area contributed by atoms with Crippen LogP contribution in [0.5, 0.6) is 0 Å². The van der Waals surface area contributed by atoms with Gasteiger partial charge in [0.2, 0.25) is 5.91 Å². The van der Waals surface area contributed by atoms with Crippen LogP contribution >= 0.6 is 0 Å². The summed E-state index contributed by atoms with van der Waals surface area (Å²) in [5.74, 6) is -0.0626. The van der Waals surface area contributed by atoms with Crippen LogP contribution in [0.2, 0.25) is 0 Å². The second-order valence-corrected chi connectivity index (χ2v) is 5.61. The minimum Gasteiger partial charge on any atom is -0.363 e. The molecule has 1 N–H and O–H groups in total. The Balaban J connectivity index is 4.15. The molecule has 0 aromatic rings. The average Bonchev–Trinajstić information content (AvgIpc) is 1.78. The van der Waals surface area contributed by atoms with Crippen molar-refractivity contribution in [2.24, 2.45) is 0 Å². The van der Waals surface area contributed by atoms with Crippen LogP contribution in [0.1, 0.15) is 48.5 Å². The fourth-order valence-electron chi connectivity index (χ4n) is 1.06. The van der Waals surface area contributed by atoms with Crippen molar-refractivity contribution < 1.29 is 9.53 Å². The molecule has 14 heavy (non-hydrogen) atoms. The van der Waals surface area contributed by atoms with Crippen LogP contribution < -0.4 is 5.32 Å². The molecule has 1 unspecified atom stereocenters. The SMILES string of the molecule is CC(OC(C)(C)C)C(=O)NC(C)(C)C. The molecule has 0 aromatic heterocycles. The second-order valence-electron chi connectivity index (χ2n) is 5.61. The van der Waals surface area contributed by atoms with Crippen molar-refractivity contribution in [2.45, 2.75) is 65.7 Å². The highest BCUT2D eigenvalue weighted by atomic mass is 16.5. The zero-order chi connectivity index (χ0) is 11.6. The lowest BCUT2D eigenvalue weighted by Crippen LogP contribution is -2.47. The van der Waals surface area contributed by atoms with E-state index in [9.17, 15) is 4.79 Å². The molecule has 0 aliphatic carbocycles. The summed E-state index contributed by atoms with van der Waals surface area (Å²) in [6, 6.07) is 0. The molecular weight excluding hydrogens is 178 g/mol. The van der Waals surface area contributed by atoms with Gasteiger partial charge in [-0.3, -0.25) is 4.79 Å². The summed E-state index contributed by atoms with van der Waals surface area (Å²) in [5.41, 5.74) is -0.485. The Morgan fingerprint density at radius 1 is 1.14 bits per heavy atom. The molecule has 1 atom stereocenters. The van der Waals surface area contributed by atoms with E-state index < -0.39 is 6.10 Å². The van der Waals surface area contributed by atoms with E-state index in [1.54, 1.807) is 6.92 Å². The lowest BCUT2D eigenvalue weighted by atomic mass is 10.1. The maximum absolute atomic E-state index is 11.6. The first-order valence-corrected chi connectivity index (χ1v) is 5.01. The predicted octanol–water partition coefficient (Wildman–Crippen LogP) is 2.10. The lowest BCUT2D eigenvalue weighted by Gasteiger charge is -2.28. The Labute approximate surface area is 87.2 Å². The molecule has 3 heteroatoms. The van der Waals surface area contributed by atoms with Gasteiger partial charge in [0.15, 0.2) is 0 Å². The van der Waals surface area contributed by atoms with Crippen LogP contribution in [0.4, 0.5) is 0 Å². The van der Waals surface area contributed by atoms with E-state index in [1.807, 2.05) is 41.5 Å². The smallest absolute Gasteiger partial charge is 0.249 e. The van der Waals surface area contributed by atoms with Crippen molar-refractivity contribution in [1.29, 1.82) is 0 Å². The predicted molar refractivity (Wildman–Crippen MR) is 58.2 cm³/mol. The highest BCUT2D eigenvalue weighted by molar-refractivity contribution is 5.81. The van der Waals surface area contributed by atoms with E-state index in [1.165, 1.54) is 0 Å². The van der Waals surface area contributed by atoms with Crippen LogP contribution in [0.25, 0.3) is 0 Å². The van der Waals surface area contributed by atoms with Gasteiger partial charge in [-0.15, -0.1) is 0 Å². The van der Waals surface area contributed by atoms with E-state index in [0.717, 1.165) is 0 Å². The Kier molecular flexibility index (Phi) is 4.13. The maximum atomic E-state index is 11.6. The van der Waals surface area contributed by atoms with Crippen molar-refractivity contribution in [2.75, 3.05) is 0 Å². The molecule has 0 aliphatic heterocycles. The van der Waals surface area contributed by atoms with Gasteiger partial charge in [0, 0.05) is 5.54 Å². The topological polar surface area (TPSA) is 38.3 Å². The third kappa shape index (κ3) is 6.89. The first kappa shape index (κ1) is 13.4. The monoisotopic (exact) mass is 201 g/mol. The first-order chi connectivity index (χ1) is 6.01. The standard InChI is InChI=1S/C11H23NO2/c1-8(14-11(5,6)7)9(13)12-10(2,3)4/h8H,1-7H3,(H,12,13). The van der Waals surface area contributed by atoms with Gasteiger partial charge in [-0.1, -0.05) is 0 Å². The van der Waals surface area contributed by atoms with Gasteiger partial charge in [0.05, 0.1) is 5.60 Å². The number of ether oxygens (including phenoxy) is 1. The van der Waals surface area contributed by atoms with E-state index in [0.29, 0.717) is 0 Å². The maximum Gasteiger partial charge on any atom is 0.249 e. The molecule has 0 aromatic carbocycles. The number of rotatable bonds is 2. The normalized spacial score (nSPS) is 15.1. The van der Waals surface area contributed by atoms with Crippen LogP contribution in [0.15, 0.2) is 0 Å². The molecule has 0 saturated heterocycles. The average molecular weight is 201 g/mol. The van der Waals surface area contributed by atoms with Crippen molar-refractivity contribution in [1.82, 2.24) is 5.32 Å². The molecule has 0 spiro atoms. The quantitative estimate of drug-likeness (QED) is 0.743. The zero-order valence-electron chi connectivity index (χ0n) is 10.4. The van der Waals surface area contributed by atoms with Crippen LogP contribution in [-0.2, 0) is 9.53 Å². The third-order valence-electron chi connectivity index (χ3n) is 1.40. The summed E-state index contributed by atoms with van der Waals surface area (Å²) in [4.78, 5) is 11.6. The number of hydrogen-bond donors (Lipinski definition) is 1. The highest BCUT2D eigenvalue weighted by Crippen LogP contribution is 2.11. The molecule has 3 nitrogen and oxygen atoms in total. The number of nitrogens with one attached hydrogen (secondary N) is 1. The Hall–Kier alpha value is -0.570. The van der Waals surface area contributed by atoms with Crippen LogP contribution in [0, 0.1) is 0 Å². The molecule has 0 rings (SSSR count). The molecule has 0 fully saturated rings. The van der Waals surface area contributed by atoms with Gasteiger partial charge in [0.1, 0.15) is 6.10 Å². The summed E-state index contributed by atoms with van der Waals surface area (Å²) in [6.45, 7) is 13.4.